The molecule has 0 radical (unpaired) electrons. The number of anilines is 1. The monoisotopic (exact) mass is 342 g/mol. The molecule has 1 N–H and O–H groups in total. The number of ether oxygens (including phenoxy) is 1. The van der Waals surface area contributed by atoms with Crippen LogP contribution < -0.4 is 10.1 Å². The first kappa shape index (κ1) is 15.5. The fourth-order valence-electron chi connectivity index (χ4n) is 2.55. The molecule has 1 unspecified atom stereocenters. The number of nitrogens with one attached hydrogen (secondary N) is 1. The molecule has 2 rings (SSSR count). The van der Waals surface area contributed by atoms with Crippen molar-refractivity contribution in [3.63, 3.8) is 0 Å². The molecule has 112 valence electrons. The Balaban J connectivity index is 1.73. The van der Waals surface area contributed by atoms with Gasteiger partial charge >= 0.3 is 0 Å². The Hall–Kier alpha value is -0.880. The Morgan fingerprint density at radius 2 is 2.35 bits per heavy atom. The van der Waals surface area contributed by atoms with E-state index in [2.05, 4.69) is 43.0 Å². The minimum Gasteiger partial charge on any atom is -0.480 e. The third-order valence-corrected chi connectivity index (χ3v) is 4.30. The van der Waals surface area contributed by atoms with E-state index in [4.69, 9.17) is 4.74 Å². The maximum atomic E-state index is 5.15. The van der Waals surface area contributed by atoms with Crippen LogP contribution in [0, 0.1) is 0 Å². The van der Waals surface area contributed by atoms with Gasteiger partial charge in [0, 0.05) is 19.1 Å². The highest BCUT2D eigenvalue weighted by atomic mass is 79.9. The molecule has 1 fully saturated rings. The van der Waals surface area contributed by atoms with Crippen LogP contribution in [0.15, 0.2) is 10.7 Å². The van der Waals surface area contributed by atoms with E-state index in [1.54, 1.807) is 13.3 Å². The van der Waals surface area contributed by atoms with E-state index in [1.165, 1.54) is 25.8 Å². The first-order chi connectivity index (χ1) is 9.70. The number of rotatable bonds is 6. The van der Waals surface area contributed by atoms with Crippen molar-refractivity contribution in [1.29, 1.82) is 0 Å². The van der Waals surface area contributed by atoms with Crippen LogP contribution in [0.2, 0.25) is 0 Å². The molecule has 1 atom stereocenters. The van der Waals surface area contributed by atoms with E-state index in [-0.39, 0.29) is 0 Å². The Morgan fingerprint density at radius 1 is 1.50 bits per heavy atom. The van der Waals surface area contributed by atoms with E-state index in [1.807, 2.05) is 0 Å². The van der Waals surface area contributed by atoms with Crippen LogP contribution in [-0.4, -0.2) is 47.7 Å². The molecule has 0 bridgehead atoms. The van der Waals surface area contributed by atoms with Crippen LogP contribution in [-0.2, 0) is 0 Å². The summed E-state index contributed by atoms with van der Waals surface area (Å²) in [5, 5.41) is 3.25. The van der Waals surface area contributed by atoms with E-state index >= 15 is 0 Å². The molecule has 2 heterocycles. The zero-order valence-electron chi connectivity index (χ0n) is 12.2. The van der Waals surface area contributed by atoms with E-state index in [0.29, 0.717) is 11.8 Å². The summed E-state index contributed by atoms with van der Waals surface area (Å²) in [7, 11) is 1.61. The van der Waals surface area contributed by atoms with Crippen molar-refractivity contribution >= 4 is 21.9 Å². The summed E-state index contributed by atoms with van der Waals surface area (Å²) in [5.41, 5.74) is 0. The smallest absolute Gasteiger partial charge is 0.232 e. The van der Waals surface area contributed by atoms with Crippen molar-refractivity contribution in [2.24, 2.45) is 0 Å². The first-order valence-corrected chi connectivity index (χ1v) is 8.04. The van der Waals surface area contributed by atoms with Crippen molar-refractivity contribution in [2.75, 3.05) is 32.1 Å². The molecule has 20 heavy (non-hydrogen) atoms. The van der Waals surface area contributed by atoms with Gasteiger partial charge in [-0.15, -0.1) is 0 Å². The highest BCUT2D eigenvalue weighted by molar-refractivity contribution is 9.10. The van der Waals surface area contributed by atoms with Gasteiger partial charge in [0.25, 0.3) is 0 Å². The van der Waals surface area contributed by atoms with E-state index in [9.17, 15) is 0 Å². The number of hydrogen-bond acceptors (Lipinski definition) is 5. The summed E-state index contributed by atoms with van der Waals surface area (Å²) < 4.78 is 5.93. The van der Waals surface area contributed by atoms with Gasteiger partial charge in [0.2, 0.25) is 11.8 Å². The van der Waals surface area contributed by atoms with Gasteiger partial charge in [-0.25, -0.2) is 4.98 Å². The van der Waals surface area contributed by atoms with Gasteiger partial charge < -0.3 is 15.0 Å². The lowest BCUT2D eigenvalue weighted by Gasteiger charge is -2.33. The average molecular weight is 343 g/mol. The Bertz CT molecular complexity index is 430. The lowest BCUT2D eigenvalue weighted by molar-refractivity contribution is 0.160. The molecule has 0 spiro atoms. The van der Waals surface area contributed by atoms with Gasteiger partial charge in [-0.05, 0) is 48.7 Å². The fourth-order valence-corrected chi connectivity index (χ4v) is 2.90. The van der Waals surface area contributed by atoms with Gasteiger partial charge in [0.05, 0.1) is 17.8 Å². The predicted molar refractivity (Wildman–Crippen MR) is 84.3 cm³/mol. The molecule has 0 amide bonds. The van der Waals surface area contributed by atoms with E-state index in [0.717, 1.165) is 30.0 Å². The van der Waals surface area contributed by atoms with Crippen molar-refractivity contribution in [2.45, 2.75) is 38.6 Å². The summed E-state index contributed by atoms with van der Waals surface area (Å²) in [4.78, 5) is 11.1. The highest BCUT2D eigenvalue weighted by Gasteiger charge is 2.17. The normalized spacial score (nSPS) is 19.9. The quantitative estimate of drug-likeness (QED) is 0.805. The van der Waals surface area contributed by atoms with Crippen LogP contribution in [0.1, 0.15) is 32.6 Å². The van der Waals surface area contributed by atoms with Crippen LogP contribution in [0.3, 0.4) is 0 Å². The Kier molecular flexibility index (Phi) is 6.04. The topological polar surface area (TPSA) is 50.3 Å². The zero-order valence-corrected chi connectivity index (χ0v) is 13.8. The molecule has 1 saturated heterocycles. The van der Waals surface area contributed by atoms with Crippen LogP contribution >= 0.6 is 15.9 Å². The molecule has 0 aliphatic carbocycles. The molecular formula is C14H23BrN4O. The summed E-state index contributed by atoms with van der Waals surface area (Å²) in [6.07, 6.45) is 6.86. The summed E-state index contributed by atoms with van der Waals surface area (Å²) in [6.45, 7) is 5.59. The minimum absolute atomic E-state index is 0.562. The van der Waals surface area contributed by atoms with Crippen molar-refractivity contribution < 1.29 is 4.74 Å². The third-order valence-electron chi connectivity index (χ3n) is 3.75. The second kappa shape index (κ2) is 7.78. The number of halogens is 1. The summed E-state index contributed by atoms with van der Waals surface area (Å²) in [6, 6.07) is 0.729. The number of aromatic nitrogens is 2. The van der Waals surface area contributed by atoms with Gasteiger partial charge in [-0.3, -0.25) is 0 Å². The predicted octanol–water partition coefficient (Wildman–Crippen LogP) is 2.92. The lowest BCUT2D eigenvalue weighted by Crippen LogP contribution is -2.38. The number of methoxy groups -OCH3 is 1. The summed E-state index contributed by atoms with van der Waals surface area (Å²) in [5.74, 6) is 1.18. The highest BCUT2D eigenvalue weighted by Crippen LogP contribution is 2.21. The number of nitrogens with zero attached hydrogens (tertiary/aromatic N) is 3. The Morgan fingerprint density at radius 3 is 3.10 bits per heavy atom. The van der Waals surface area contributed by atoms with Gasteiger partial charge in [-0.2, -0.15) is 4.98 Å². The molecule has 1 aromatic heterocycles. The minimum atomic E-state index is 0.562. The molecule has 1 aliphatic heterocycles. The first-order valence-electron chi connectivity index (χ1n) is 7.25. The van der Waals surface area contributed by atoms with Gasteiger partial charge in [0.1, 0.15) is 0 Å². The van der Waals surface area contributed by atoms with Gasteiger partial charge in [0.15, 0.2) is 0 Å². The number of hydrogen-bond donors (Lipinski definition) is 1. The molecule has 5 nitrogen and oxygen atoms in total. The second-order valence-electron chi connectivity index (χ2n) is 5.21. The average Bonchev–Trinajstić information content (AvgIpc) is 2.47. The molecule has 6 heteroatoms. The lowest BCUT2D eigenvalue weighted by atomic mass is 10.0. The van der Waals surface area contributed by atoms with Crippen molar-refractivity contribution in [3.8, 4) is 5.88 Å². The van der Waals surface area contributed by atoms with Crippen LogP contribution in [0.5, 0.6) is 5.88 Å². The molecule has 0 saturated carbocycles. The van der Waals surface area contributed by atoms with E-state index < -0.39 is 0 Å². The van der Waals surface area contributed by atoms with Crippen LogP contribution in [0.4, 0.5) is 5.95 Å². The maximum absolute atomic E-state index is 5.15. The molecule has 1 aliphatic rings. The van der Waals surface area contributed by atoms with Crippen molar-refractivity contribution in [3.05, 3.63) is 10.7 Å². The number of piperidine rings is 1. The van der Waals surface area contributed by atoms with Crippen molar-refractivity contribution in [1.82, 2.24) is 14.9 Å². The fraction of sp³-hybridized carbons (Fsp3) is 0.714. The third kappa shape index (κ3) is 4.31. The maximum Gasteiger partial charge on any atom is 0.232 e. The summed E-state index contributed by atoms with van der Waals surface area (Å²) >= 11 is 3.35. The SMILES string of the molecule is COc1nc(NCCCN2CCCCC2C)ncc1Br. The zero-order chi connectivity index (χ0) is 14.4. The second-order valence-corrected chi connectivity index (χ2v) is 6.07. The molecule has 0 aromatic carbocycles. The van der Waals surface area contributed by atoms with Gasteiger partial charge in [-0.1, -0.05) is 6.42 Å². The molecular weight excluding hydrogens is 320 g/mol. The molecule has 1 aromatic rings. The largest absolute Gasteiger partial charge is 0.480 e. The Labute approximate surface area is 129 Å². The standard InChI is InChI=1S/C14H23BrN4O/c1-11-6-3-4-8-19(11)9-5-7-16-14-17-10-12(15)13(18-14)20-2/h10-11H,3-9H2,1-2H3,(H,16,17,18). The van der Waals surface area contributed by atoms with Crippen LogP contribution in [0.25, 0.3) is 0 Å². The number of likely N-dealkylation sites (tertiary alicyclic amines) is 1.